The molecule has 4 rings (SSSR count). The number of carboxylic acid groups (broad SMARTS) is 1. The Morgan fingerprint density at radius 1 is 1.06 bits per heavy atom. The molecule has 1 fully saturated rings. The zero-order chi connectivity index (χ0) is 24.5. The van der Waals surface area contributed by atoms with E-state index in [1.807, 2.05) is 0 Å². The van der Waals surface area contributed by atoms with Crippen LogP contribution < -0.4 is 4.74 Å². The van der Waals surface area contributed by atoms with Crippen molar-refractivity contribution < 1.29 is 32.6 Å². The molecule has 0 radical (unpaired) electrons. The minimum Gasteiger partial charge on any atom is -0.478 e. The van der Waals surface area contributed by atoms with E-state index in [9.17, 15) is 27.9 Å². The molecule has 1 saturated heterocycles. The predicted octanol–water partition coefficient (Wildman–Crippen LogP) is 5.21. The highest BCUT2D eigenvalue weighted by atomic mass is 35.5. The summed E-state index contributed by atoms with van der Waals surface area (Å²) in [6, 6.07) is 5.01. The van der Waals surface area contributed by atoms with Gasteiger partial charge in [0.15, 0.2) is 0 Å². The summed E-state index contributed by atoms with van der Waals surface area (Å²) in [6.45, 7) is 0.923. The number of aromatic nitrogens is 2. The van der Waals surface area contributed by atoms with Crippen LogP contribution in [0.2, 0.25) is 5.02 Å². The number of fused-ring (bicyclic) bond motifs is 1. The van der Waals surface area contributed by atoms with Gasteiger partial charge in [-0.2, -0.15) is 13.2 Å². The van der Waals surface area contributed by atoms with Crippen LogP contribution in [0.15, 0.2) is 36.7 Å². The van der Waals surface area contributed by atoms with Gasteiger partial charge in [0.2, 0.25) is 5.88 Å². The molecule has 1 N–H and O–H groups in total. The number of hydrogen-bond donors (Lipinski definition) is 1. The Morgan fingerprint density at radius 2 is 1.79 bits per heavy atom. The first-order valence-corrected chi connectivity index (χ1v) is 10.8. The number of ether oxygens (including phenoxy) is 1. The van der Waals surface area contributed by atoms with E-state index in [0.29, 0.717) is 30.1 Å². The Bertz CT molecular complexity index is 1260. The van der Waals surface area contributed by atoms with Crippen LogP contribution in [-0.2, 0) is 12.8 Å². The molecular formula is C23H19ClF3N3O4. The number of benzene rings is 1. The van der Waals surface area contributed by atoms with Crippen LogP contribution in [0.3, 0.4) is 0 Å². The first-order chi connectivity index (χ1) is 16.1. The molecule has 1 aliphatic rings. The third-order valence-corrected chi connectivity index (χ3v) is 5.86. The van der Waals surface area contributed by atoms with Crippen LogP contribution in [-0.4, -0.2) is 44.9 Å². The lowest BCUT2D eigenvalue weighted by Crippen LogP contribution is -2.35. The third kappa shape index (κ3) is 5.06. The zero-order valence-corrected chi connectivity index (χ0v) is 18.5. The number of halogens is 4. The number of likely N-dealkylation sites (tertiary alicyclic amines) is 1. The van der Waals surface area contributed by atoms with Crippen molar-refractivity contribution >= 4 is 34.2 Å². The van der Waals surface area contributed by atoms with Crippen molar-refractivity contribution in [2.24, 2.45) is 0 Å². The molecule has 7 nitrogen and oxygen atoms in total. The van der Waals surface area contributed by atoms with Gasteiger partial charge in [-0.15, -0.1) is 0 Å². The van der Waals surface area contributed by atoms with Gasteiger partial charge in [-0.05, 0) is 37.5 Å². The van der Waals surface area contributed by atoms with Crippen molar-refractivity contribution in [2.75, 3.05) is 13.1 Å². The first kappa shape index (κ1) is 23.7. The molecule has 34 heavy (non-hydrogen) atoms. The Morgan fingerprint density at radius 3 is 2.44 bits per heavy atom. The quantitative estimate of drug-likeness (QED) is 0.525. The highest BCUT2D eigenvalue weighted by Crippen LogP contribution is 2.32. The molecule has 11 heteroatoms. The average Bonchev–Trinajstić information content (AvgIpc) is 2.82. The van der Waals surface area contributed by atoms with E-state index in [0.717, 1.165) is 25.3 Å². The van der Waals surface area contributed by atoms with E-state index in [2.05, 4.69) is 9.97 Å². The van der Waals surface area contributed by atoms with Crippen molar-refractivity contribution in [2.45, 2.75) is 32.0 Å². The molecule has 0 spiro atoms. The highest BCUT2D eigenvalue weighted by Gasteiger charge is 2.31. The monoisotopic (exact) mass is 493 g/mol. The maximum absolute atomic E-state index is 13.2. The number of hydrogen-bond acceptors (Lipinski definition) is 5. The van der Waals surface area contributed by atoms with Crippen LogP contribution in [0, 0.1) is 0 Å². The number of nitrogens with zero attached hydrogens (tertiary/aromatic N) is 3. The molecule has 1 amide bonds. The van der Waals surface area contributed by atoms with E-state index in [1.54, 1.807) is 4.90 Å². The third-order valence-electron chi connectivity index (χ3n) is 5.53. The highest BCUT2D eigenvalue weighted by molar-refractivity contribution is 6.31. The summed E-state index contributed by atoms with van der Waals surface area (Å²) >= 11 is 5.93. The average molecular weight is 494 g/mol. The van der Waals surface area contributed by atoms with Crippen molar-refractivity contribution in [1.29, 1.82) is 0 Å². The van der Waals surface area contributed by atoms with Crippen molar-refractivity contribution in [3.8, 4) is 5.88 Å². The number of carboxylic acids is 1. The summed E-state index contributed by atoms with van der Waals surface area (Å²) < 4.78 is 44.0. The van der Waals surface area contributed by atoms with E-state index < -0.39 is 17.7 Å². The largest absolute Gasteiger partial charge is 0.478 e. The maximum Gasteiger partial charge on any atom is 0.417 e. The fraction of sp³-hybridized carbons (Fsp3) is 0.304. The van der Waals surface area contributed by atoms with Gasteiger partial charge in [-0.25, -0.2) is 9.78 Å². The summed E-state index contributed by atoms with van der Waals surface area (Å²) in [5.74, 6) is -1.36. The molecule has 0 atom stereocenters. The SMILES string of the molecule is O=C(O)c1cc(C(=O)N2CCCCC2)c2cc(OCc3ncc(C(F)(F)F)cc3Cl)ncc2c1. The Balaban J connectivity index is 1.64. The van der Waals surface area contributed by atoms with Gasteiger partial charge in [-0.1, -0.05) is 11.6 Å². The van der Waals surface area contributed by atoms with Crippen LogP contribution in [0.25, 0.3) is 10.8 Å². The maximum atomic E-state index is 13.2. The number of amides is 1. The molecular weight excluding hydrogens is 475 g/mol. The van der Waals surface area contributed by atoms with E-state index in [1.165, 1.54) is 24.4 Å². The van der Waals surface area contributed by atoms with Crippen molar-refractivity contribution in [3.05, 3.63) is 64.1 Å². The summed E-state index contributed by atoms with van der Waals surface area (Å²) in [7, 11) is 0. The van der Waals surface area contributed by atoms with Gasteiger partial charge in [0.25, 0.3) is 5.91 Å². The number of piperidine rings is 1. The lowest BCUT2D eigenvalue weighted by Gasteiger charge is -2.27. The summed E-state index contributed by atoms with van der Waals surface area (Å²) in [5, 5.41) is 10.2. The molecule has 0 bridgehead atoms. The van der Waals surface area contributed by atoms with Crippen molar-refractivity contribution in [1.82, 2.24) is 14.9 Å². The first-order valence-electron chi connectivity index (χ1n) is 10.4. The number of aromatic carboxylic acids is 1. The number of carbonyl (C=O) groups is 2. The summed E-state index contributed by atoms with van der Waals surface area (Å²) in [6.07, 6.45) is 0.259. The molecule has 1 aromatic carbocycles. The lowest BCUT2D eigenvalue weighted by molar-refractivity contribution is -0.137. The number of pyridine rings is 2. The molecule has 0 saturated carbocycles. The molecule has 2 aromatic heterocycles. The van der Waals surface area contributed by atoms with Gasteiger partial charge < -0.3 is 14.7 Å². The van der Waals surface area contributed by atoms with Crippen molar-refractivity contribution in [3.63, 3.8) is 0 Å². The zero-order valence-electron chi connectivity index (χ0n) is 17.7. The number of alkyl halides is 3. The van der Waals surface area contributed by atoms with E-state index >= 15 is 0 Å². The Labute approximate surface area is 197 Å². The second-order valence-corrected chi connectivity index (χ2v) is 8.27. The van der Waals surface area contributed by atoms with E-state index in [-0.39, 0.29) is 40.2 Å². The predicted molar refractivity (Wildman–Crippen MR) is 117 cm³/mol. The Kier molecular flexibility index (Phi) is 6.60. The van der Waals surface area contributed by atoms with Crippen LogP contribution >= 0.6 is 11.6 Å². The second kappa shape index (κ2) is 9.46. The van der Waals surface area contributed by atoms with Gasteiger partial charge in [0.1, 0.15) is 6.61 Å². The second-order valence-electron chi connectivity index (χ2n) is 7.86. The van der Waals surface area contributed by atoms with Gasteiger partial charge in [0.05, 0.1) is 21.8 Å². The normalized spacial score (nSPS) is 14.3. The molecule has 1 aliphatic heterocycles. The number of carbonyl (C=O) groups excluding carboxylic acids is 1. The summed E-state index contributed by atoms with van der Waals surface area (Å²) in [4.78, 5) is 34.3. The molecule has 0 unspecified atom stereocenters. The molecule has 0 aliphatic carbocycles. The minimum atomic E-state index is -4.57. The topological polar surface area (TPSA) is 92.6 Å². The standard InChI is InChI=1S/C23H19ClF3N3O4/c24-18-8-15(23(25,26)27)11-28-19(18)12-34-20-9-16-14(10-29-20)6-13(22(32)33)7-17(16)21(31)30-4-2-1-3-5-30/h6-11H,1-5,12H2,(H,32,33). The Hall–Kier alpha value is -3.40. The van der Waals surface area contributed by atoms with Crippen LogP contribution in [0.4, 0.5) is 13.2 Å². The number of rotatable bonds is 5. The van der Waals surface area contributed by atoms with Crippen LogP contribution in [0.5, 0.6) is 5.88 Å². The fourth-order valence-electron chi connectivity index (χ4n) is 3.75. The molecule has 178 valence electrons. The molecule has 3 heterocycles. The van der Waals surface area contributed by atoms with Gasteiger partial charge in [-0.3, -0.25) is 9.78 Å². The van der Waals surface area contributed by atoms with Gasteiger partial charge >= 0.3 is 12.1 Å². The minimum absolute atomic E-state index is 0.0379. The lowest BCUT2D eigenvalue weighted by atomic mass is 10.00. The van der Waals surface area contributed by atoms with Gasteiger partial charge in [0, 0.05) is 47.9 Å². The summed E-state index contributed by atoms with van der Waals surface area (Å²) in [5.41, 5.74) is -0.707. The molecule has 3 aromatic rings. The fourth-order valence-corrected chi connectivity index (χ4v) is 3.97. The smallest absolute Gasteiger partial charge is 0.417 e. The van der Waals surface area contributed by atoms with E-state index in [4.69, 9.17) is 16.3 Å². The van der Waals surface area contributed by atoms with Crippen LogP contribution in [0.1, 0.15) is 51.2 Å².